The Hall–Kier alpha value is -1.59. The lowest BCUT2D eigenvalue weighted by Gasteiger charge is -2.13. The first kappa shape index (κ1) is 10.9. The third-order valence-corrected chi connectivity index (χ3v) is 2.55. The van der Waals surface area contributed by atoms with Gasteiger partial charge in [0.2, 0.25) is 0 Å². The number of rotatable bonds is 4. The molecule has 86 valence electrons. The molecule has 1 aromatic heterocycles. The van der Waals surface area contributed by atoms with Crippen LogP contribution in [0.25, 0.3) is 11.0 Å². The second-order valence-electron chi connectivity index (χ2n) is 3.52. The molecule has 0 unspecified atom stereocenters. The zero-order chi connectivity index (χ0) is 11.5. The Bertz CT molecular complexity index is 525. The molecule has 2 N–H and O–H groups in total. The highest BCUT2D eigenvalue weighted by molar-refractivity contribution is 5.78. The zero-order valence-electron chi connectivity index (χ0n) is 9.24. The summed E-state index contributed by atoms with van der Waals surface area (Å²) in [4.78, 5) is 16.7. The number of fused-ring (bicyclic) bond motifs is 1. The van der Waals surface area contributed by atoms with Crippen molar-refractivity contribution in [1.29, 1.82) is 0 Å². The number of hydrogen-bond acceptors (Lipinski definition) is 3. The summed E-state index contributed by atoms with van der Waals surface area (Å²) < 4.78 is 10.3. The molecular weight excluding hydrogens is 208 g/mol. The first-order valence-corrected chi connectivity index (χ1v) is 5.00. The summed E-state index contributed by atoms with van der Waals surface area (Å²) in [7, 11) is 3.18. The summed E-state index contributed by atoms with van der Waals surface area (Å²) >= 11 is 0. The molecule has 0 bridgehead atoms. The van der Waals surface area contributed by atoms with E-state index in [4.69, 9.17) is 9.47 Å². The molecule has 2 aromatic rings. The average molecular weight is 222 g/mol. The number of aromatic nitrogens is 2. The van der Waals surface area contributed by atoms with Crippen LogP contribution in [0.3, 0.4) is 0 Å². The maximum atomic E-state index is 11.2. The van der Waals surface area contributed by atoms with Gasteiger partial charge < -0.3 is 19.4 Å². The summed E-state index contributed by atoms with van der Waals surface area (Å²) in [6.45, 7) is 0. The molecule has 0 saturated carbocycles. The quantitative estimate of drug-likeness (QED) is 0.759. The minimum absolute atomic E-state index is 0.200. The molecule has 0 radical (unpaired) electrons. The standard InChI is InChI=1S/C11H14N2O3/c1-15-9(16-2)6-7-4-3-5-8-10(7)13-11(14)12-8/h3-5,9H,6H2,1-2H3,(H2,12,13,14). The number of ether oxygens (including phenoxy) is 2. The van der Waals surface area contributed by atoms with Gasteiger partial charge in [-0.1, -0.05) is 12.1 Å². The van der Waals surface area contributed by atoms with Crippen LogP contribution in [0, 0.1) is 0 Å². The summed E-state index contributed by atoms with van der Waals surface area (Å²) in [5.41, 5.74) is 2.40. The van der Waals surface area contributed by atoms with Gasteiger partial charge in [-0.05, 0) is 11.6 Å². The van der Waals surface area contributed by atoms with Crippen LogP contribution in [-0.4, -0.2) is 30.5 Å². The van der Waals surface area contributed by atoms with E-state index in [-0.39, 0.29) is 12.0 Å². The van der Waals surface area contributed by atoms with Crippen molar-refractivity contribution in [2.75, 3.05) is 14.2 Å². The topological polar surface area (TPSA) is 67.1 Å². The smallest absolute Gasteiger partial charge is 0.323 e. The van der Waals surface area contributed by atoms with Crippen LogP contribution < -0.4 is 5.69 Å². The molecule has 16 heavy (non-hydrogen) atoms. The second-order valence-corrected chi connectivity index (χ2v) is 3.52. The predicted octanol–water partition coefficient (Wildman–Crippen LogP) is 1.02. The fraction of sp³-hybridized carbons (Fsp3) is 0.364. The molecule has 5 heteroatoms. The minimum atomic E-state index is -0.302. The molecule has 2 rings (SSSR count). The largest absolute Gasteiger partial charge is 0.356 e. The van der Waals surface area contributed by atoms with Crippen LogP contribution in [0.4, 0.5) is 0 Å². The number of hydrogen-bond donors (Lipinski definition) is 2. The Morgan fingerprint density at radius 3 is 2.69 bits per heavy atom. The molecule has 0 aliphatic rings. The highest BCUT2D eigenvalue weighted by Crippen LogP contribution is 2.15. The summed E-state index contributed by atoms with van der Waals surface area (Å²) in [6, 6.07) is 5.69. The number of methoxy groups -OCH3 is 2. The van der Waals surface area contributed by atoms with Crippen LogP contribution in [0.2, 0.25) is 0 Å². The maximum Gasteiger partial charge on any atom is 0.323 e. The normalized spacial score (nSPS) is 11.4. The van der Waals surface area contributed by atoms with Gasteiger partial charge in [0.25, 0.3) is 0 Å². The lowest BCUT2D eigenvalue weighted by Crippen LogP contribution is -2.16. The number of aromatic amines is 2. The van der Waals surface area contributed by atoms with Crippen molar-refractivity contribution in [3.05, 3.63) is 34.2 Å². The lowest BCUT2D eigenvalue weighted by atomic mass is 10.1. The summed E-state index contributed by atoms with van der Waals surface area (Å²) in [6.07, 6.45) is 0.294. The van der Waals surface area contributed by atoms with E-state index in [0.717, 1.165) is 16.6 Å². The van der Waals surface area contributed by atoms with E-state index in [9.17, 15) is 4.79 Å². The highest BCUT2D eigenvalue weighted by atomic mass is 16.7. The van der Waals surface area contributed by atoms with E-state index in [1.807, 2.05) is 18.2 Å². The number of nitrogens with one attached hydrogen (secondary N) is 2. The molecule has 1 heterocycles. The second kappa shape index (κ2) is 4.51. The first-order chi connectivity index (χ1) is 7.74. The minimum Gasteiger partial charge on any atom is -0.356 e. The third-order valence-electron chi connectivity index (χ3n) is 2.55. The van der Waals surface area contributed by atoms with E-state index < -0.39 is 0 Å². The van der Waals surface area contributed by atoms with Gasteiger partial charge in [0.15, 0.2) is 6.29 Å². The van der Waals surface area contributed by atoms with Gasteiger partial charge in [-0.15, -0.1) is 0 Å². The van der Waals surface area contributed by atoms with Crippen LogP contribution in [-0.2, 0) is 15.9 Å². The Labute approximate surface area is 92.4 Å². The molecule has 0 spiro atoms. The zero-order valence-corrected chi connectivity index (χ0v) is 9.24. The molecule has 0 fully saturated rings. The predicted molar refractivity (Wildman–Crippen MR) is 60.4 cm³/mol. The molecular formula is C11H14N2O3. The van der Waals surface area contributed by atoms with Crippen molar-refractivity contribution < 1.29 is 9.47 Å². The van der Waals surface area contributed by atoms with Gasteiger partial charge in [-0.2, -0.15) is 0 Å². The SMILES string of the molecule is COC(Cc1cccc2[nH]c(=O)[nH]c12)OC. The van der Waals surface area contributed by atoms with Gasteiger partial charge in [0.05, 0.1) is 11.0 Å². The van der Waals surface area contributed by atoms with E-state index in [2.05, 4.69) is 9.97 Å². The van der Waals surface area contributed by atoms with Gasteiger partial charge in [-0.25, -0.2) is 4.79 Å². The molecule has 0 aliphatic carbocycles. The Morgan fingerprint density at radius 2 is 2.00 bits per heavy atom. The molecule has 0 aliphatic heterocycles. The van der Waals surface area contributed by atoms with Crippen molar-refractivity contribution in [2.24, 2.45) is 0 Å². The highest BCUT2D eigenvalue weighted by Gasteiger charge is 2.10. The van der Waals surface area contributed by atoms with E-state index in [1.165, 1.54) is 0 Å². The Balaban J connectivity index is 2.40. The van der Waals surface area contributed by atoms with Crippen molar-refractivity contribution in [3.63, 3.8) is 0 Å². The Morgan fingerprint density at radius 1 is 1.25 bits per heavy atom. The number of H-pyrrole nitrogens is 2. The van der Waals surface area contributed by atoms with Crippen LogP contribution in [0.15, 0.2) is 23.0 Å². The molecule has 0 saturated heterocycles. The summed E-state index contributed by atoms with van der Waals surface area (Å²) in [5, 5.41) is 0. The van der Waals surface area contributed by atoms with E-state index >= 15 is 0 Å². The number of benzene rings is 1. The van der Waals surface area contributed by atoms with Crippen LogP contribution >= 0.6 is 0 Å². The summed E-state index contributed by atoms with van der Waals surface area (Å²) in [5.74, 6) is 0. The monoisotopic (exact) mass is 222 g/mol. The molecule has 0 amide bonds. The average Bonchev–Trinajstić information content (AvgIpc) is 2.67. The van der Waals surface area contributed by atoms with Crippen molar-refractivity contribution in [1.82, 2.24) is 9.97 Å². The van der Waals surface area contributed by atoms with Gasteiger partial charge in [0, 0.05) is 20.6 Å². The van der Waals surface area contributed by atoms with Crippen molar-refractivity contribution >= 4 is 11.0 Å². The van der Waals surface area contributed by atoms with E-state index in [0.29, 0.717) is 6.42 Å². The van der Waals surface area contributed by atoms with Gasteiger partial charge >= 0.3 is 5.69 Å². The Kier molecular flexibility index (Phi) is 3.07. The van der Waals surface area contributed by atoms with Crippen LogP contribution in [0.5, 0.6) is 0 Å². The third kappa shape index (κ3) is 2.00. The molecule has 5 nitrogen and oxygen atoms in total. The van der Waals surface area contributed by atoms with Crippen molar-refractivity contribution in [3.8, 4) is 0 Å². The molecule has 1 aromatic carbocycles. The van der Waals surface area contributed by atoms with Gasteiger partial charge in [-0.3, -0.25) is 0 Å². The number of para-hydroxylation sites is 1. The van der Waals surface area contributed by atoms with Crippen LogP contribution in [0.1, 0.15) is 5.56 Å². The number of imidazole rings is 1. The maximum absolute atomic E-state index is 11.2. The van der Waals surface area contributed by atoms with E-state index in [1.54, 1.807) is 14.2 Å². The fourth-order valence-electron chi connectivity index (χ4n) is 1.73. The van der Waals surface area contributed by atoms with Gasteiger partial charge in [0.1, 0.15) is 0 Å². The fourth-order valence-corrected chi connectivity index (χ4v) is 1.73. The lowest BCUT2D eigenvalue weighted by molar-refractivity contribution is -0.100. The van der Waals surface area contributed by atoms with Crippen molar-refractivity contribution in [2.45, 2.75) is 12.7 Å². The first-order valence-electron chi connectivity index (χ1n) is 5.00. The molecule has 0 atom stereocenters.